The van der Waals surface area contributed by atoms with Crippen LogP contribution in [0, 0.1) is 0 Å². The Morgan fingerprint density at radius 3 is 2.67 bits per heavy atom. The first kappa shape index (κ1) is 15.7. The molecule has 0 unspecified atom stereocenters. The van der Waals surface area contributed by atoms with Gasteiger partial charge in [-0.1, -0.05) is 0 Å². The van der Waals surface area contributed by atoms with Crippen LogP contribution in [0.1, 0.15) is 21.8 Å². The molecule has 1 aromatic carbocycles. The van der Waals surface area contributed by atoms with Crippen molar-refractivity contribution < 1.29 is 22.4 Å². The van der Waals surface area contributed by atoms with Crippen molar-refractivity contribution >= 4 is 18.6 Å². The van der Waals surface area contributed by atoms with Crippen LogP contribution >= 0.6 is 0 Å². The van der Waals surface area contributed by atoms with Gasteiger partial charge in [0.1, 0.15) is 18.9 Å². The van der Waals surface area contributed by atoms with Crippen molar-refractivity contribution in [2.24, 2.45) is 0 Å². The zero-order valence-corrected chi connectivity index (χ0v) is 11.9. The minimum Gasteiger partial charge on any atom is -0.445 e. The quantitative estimate of drug-likeness (QED) is 0.684. The number of carbonyl (C=O) groups is 1. The van der Waals surface area contributed by atoms with Crippen molar-refractivity contribution in [3.8, 4) is 11.4 Å². The fourth-order valence-electron chi connectivity index (χ4n) is 1.95. The molecule has 0 radical (unpaired) electrons. The van der Waals surface area contributed by atoms with Crippen LogP contribution in [0.25, 0.3) is 23.7 Å². The predicted octanol–water partition coefficient (Wildman–Crippen LogP) is 3.39. The van der Waals surface area contributed by atoms with Crippen molar-refractivity contribution in [2.75, 3.05) is 0 Å². The molecular formula is C15H9F3N4O2. The number of alkyl halides is 3. The highest BCUT2D eigenvalue weighted by atomic mass is 19.4. The van der Waals surface area contributed by atoms with Gasteiger partial charge < -0.3 is 4.42 Å². The second-order valence-corrected chi connectivity index (χ2v) is 4.69. The lowest BCUT2D eigenvalue weighted by Gasteiger charge is -2.08. The van der Waals surface area contributed by atoms with E-state index in [4.69, 9.17) is 4.42 Å². The third kappa shape index (κ3) is 3.40. The van der Waals surface area contributed by atoms with E-state index in [1.54, 1.807) is 0 Å². The summed E-state index contributed by atoms with van der Waals surface area (Å²) in [5.41, 5.74) is -0.949. The summed E-state index contributed by atoms with van der Waals surface area (Å²) >= 11 is 0. The van der Waals surface area contributed by atoms with E-state index in [0.29, 0.717) is 12.2 Å². The van der Waals surface area contributed by atoms with Gasteiger partial charge >= 0.3 is 6.18 Å². The van der Waals surface area contributed by atoms with Crippen LogP contribution in [0.2, 0.25) is 0 Å². The number of hydrogen-bond acceptors (Lipinski definition) is 5. The largest absolute Gasteiger partial charge is 0.445 e. The van der Waals surface area contributed by atoms with Gasteiger partial charge in [-0.25, -0.2) is 14.6 Å². The van der Waals surface area contributed by atoms with Gasteiger partial charge in [0.15, 0.2) is 5.82 Å². The molecule has 0 saturated carbocycles. The molecule has 0 spiro atoms. The first-order valence-corrected chi connectivity index (χ1v) is 6.62. The number of oxazole rings is 1. The van der Waals surface area contributed by atoms with Crippen LogP contribution in [0.15, 0.2) is 41.4 Å². The Balaban J connectivity index is 1.93. The second-order valence-electron chi connectivity index (χ2n) is 4.69. The van der Waals surface area contributed by atoms with Crippen LogP contribution in [0.3, 0.4) is 0 Å². The van der Waals surface area contributed by atoms with Gasteiger partial charge in [0.2, 0.25) is 5.89 Å². The van der Waals surface area contributed by atoms with Crippen molar-refractivity contribution in [1.29, 1.82) is 0 Å². The van der Waals surface area contributed by atoms with E-state index >= 15 is 0 Å². The topological polar surface area (TPSA) is 73.8 Å². The molecule has 2 heterocycles. The Kier molecular flexibility index (Phi) is 3.98. The summed E-state index contributed by atoms with van der Waals surface area (Å²) in [7, 11) is 0. The van der Waals surface area contributed by atoms with Crippen molar-refractivity contribution in [1.82, 2.24) is 19.7 Å². The zero-order valence-electron chi connectivity index (χ0n) is 11.9. The average Bonchev–Trinajstić information content (AvgIpc) is 3.23. The number of rotatable bonds is 4. The van der Waals surface area contributed by atoms with Gasteiger partial charge in [-0.15, -0.1) is 5.10 Å². The molecule has 0 fully saturated rings. The number of aldehydes is 1. The third-order valence-electron chi connectivity index (χ3n) is 3.01. The number of benzene rings is 1. The smallest absolute Gasteiger partial charge is 0.416 e. The van der Waals surface area contributed by atoms with Crippen LogP contribution in [0.5, 0.6) is 0 Å². The molecule has 0 amide bonds. The highest BCUT2D eigenvalue weighted by Crippen LogP contribution is 2.32. The second kappa shape index (κ2) is 6.11. The summed E-state index contributed by atoms with van der Waals surface area (Å²) in [6.45, 7) is 0. The first-order valence-electron chi connectivity index (χ1n) is 6.62. The van der Waals surface area contributed by atoms with Crippen molar-refractivity contribution in [3.05, 3.63) is 54.0 Å². The molecule has 3 aromatic rings. The van der Waals surface area contributed by atoms with Gasteiger partial charge in [0.25, 0.3) is 0 Å². The molecule has 9 heteroatoms. The SMILES string of the molecule is O=Cc1cc(-c2ncn(/C=C\c3ncco3)n2)cc(C(F)(F)F)c1. The molecule has 0 aliphatic carbocycles. The lowest BCUT2D eigenvalue weighted by atomic mass is 10.1. The minimum atomic E-state index is -4.57. The summed E-state index contributed by atoms with van der Waals surface area (Å²) in [5, 5.41) is 4.04. The number of hydrogen-bond donors (Lipinski definition) is 0. The van der Waals surface area contributed by atoms with Gasteiger partial charge in [-0.05, 0) is 18.2 Å². The standard InChI is InChI=1S/C15H9F3N4O2/c16-15(17,18)12-6-10(8-23)5-11(7-12)14-20-9-22(21-14)3-1-13-19-2-4-24-13/h1-9H/b3-1-. The Morgan fingerprint density at radius 1 is 1.17 bits per heavy atom. The van der Waals surface area contributed by atoms with Crippen LogP contribution < -0.4 is 0 Å². The first-order chi connectivity index (χ1) is 11.5. The molecule has 122 valence electrons. The molecule has 24 heavy (non-hydrogen) atoms. The summed E-state index contributed by atoms with van der Waals surface area (Å²) in [4.78, 5) is 18.7. The summed E-state index contributed by atoms with van der Waals surface area (Å²) in [6.07, 6.45) is 2.96. The van der Waals surface area contributed by atoms with Gasteiger partial charge in [0, 0.05) is 23.4 Å². The Morgan fingerprint density at radius 2 is 2.00 bits per heavy atom. The summed E-state index contributed by atoms with van der Waals surface area (Å²) in [6, 6.07) is 2.96. The fourth-order valence-corrected chi connectivity index (χ4v) is 1.95. The number of aromatic nitrogens is 4. The van der Waals surface area contributed by atoms with Crippen LogP contribution in [-0.4, -0.2) is 26.0 Å². The molecule has 3 rings (SSSR count). The summed E-state index contributed by atoms with van der Waals surface area (Å²) < 4.78 is 45.0. The average molecular weight is 334 g/mol. The highest BCUT2D eigenvalue weighted by Gasteiger charge is 2.31. The molecule has 2 aromatic heterocycles. The van der Waals surface area contributed by atoms with E-state index in [0.717, 1.165) is 12.1 Å². The number of carbonyl (C=O) groups excluding carboxylic acids is 1. The molecule has 0 bridgehead atoms. The molecule has 0 aliphatic rings. The van der Waals surface area contributed by atoms with Crippen molar-refractivity contribution in [2.45, 2.75) is 6.18 Å². The maximum Gasteiger partial charge on any atom is 0.416 e. The van der Waals surface area contributed by atoms with E-state index in [2.05, 4.69) is 15.1 Å². The Bertz CT molecular complexity index is 883. The molecule has 6 nitrogen and oxygen atoms in total. The minimum absolute atomic E-state index is 0.0567. The number of halogens is 3. The molecule has 0 saturated heterocycles. The molecular weight excluding hydrogens is 325 g/mol. The third-order valence-corrected chi connectivity index (χ3v) is 3.01. The van der Waals surface area contributed by atoms with Crippen LogP contribution in [0.4, 0.5) is 13.2 Å². The maximum atomic E-state index is 12.9. The van der Waals surface area contributed by atoms with E-state index in [-0.39, 0.29) is 17.0 Å². The van der Waals surface area contributed by atoms with E-state index in [1.165, 1.54) is 41.8 Å². The Hall–Kier alpha value is -3.23. The monoisotopic (exact) mass is 334 g/mol. The van der Waals surface area contributed by atoms with Crippen LogP contribution in [-0.2, 0) is 6.18 Å². The zero-order chi connectivity index (χ0) is 17.2. The lowest BCUT2D eigenvalue weighted by Crippen LogP contribution is -2.06. The maximum absolute atomic E-state index is 12.9. The molecule has 0 aliphatic heterocycles. The Labute approximate surface area is 133 Å². The predicted molar refractivity (Wildman–Crippen MR) is 77.6 cm³/mol. The van der Waals surface area contributed by atoms with E-state index in [9.17, 15) is 18.0 Å². The highest BCUT2D eigenvalue weighted by molar-refractivity contribution is 5.78. The van der Waals surface area contributed by atoms with E-state index in [1.807, 2.05) is 0 Å². The molecule has 0 N–H and O–H groups in total. The number of nitrogens with zero attached hydrogens (tertiary/aromatic N) is 4. The fraction of sp³-hybridized carbons (Fsp3) is 0.0667. The van der Waals surface area contributed by atoms with Gasteiger partial charge in [-0.2, -0.15) is 13.2 Å². The summed E-state index contributed by atoms with van der Waals surface area (Å²) in [5.74, 6) is 0.399. The normalized spacial score (nSPS) is 12.0. The van der Waals surface area contributed by atoms with E-state index < -0.39 is 11.7 Å². The van der Waals surface area contributed by atoms with Gasteiger partial charge in [-0.3, -0.25) is 4.79 Å². The van der Waals surface area contributed by atoms with Crippen molar-refractivity contribution in [3.63, 3.8) is 0 Å². The van der Waals surface area contributed by atoms with Gasteiger partial charge in [0.05, 0.1) is 11.8 Å². The molecule has 0 atom stereocenters. The lowest BCUT2D eigenvalue weighted by molar-refractivity contribution is -0.137.